The minimum Gasteiger partial charge on any atom is -0.497 e. The summed E-state index contributed by atoms with van der Waals surface area (Å²) in [7, 11) is 1.55. The molecule has 162 valence electrons. The molecule has 1 aliphatic rings. The van der Waals surface area contributed by atoms with E-state index in [4.69, 9.17) is 4.74 Å². The second-order valence-corrected chi connectivity index (χ2v) is 8.20. The molecule has 3 amide bonds. The van der Waals surface area contributed by atoms with Crippen molar-refractivity contribution < 1.29 is 19.1 Å². The van der Waals surface area contributed by atoms with Crippen LogP contribution in [-0.4, -0.2) is 40.8 Å². The van der Waals surface area contributed by atoms with Crippen molar-refractivity contribution >= 4 is 39.3 Å². The highest BCUT2D eigenvalue weighted by molar-refractivity contribution is 9.10. The van der Waals surface area contributed by atoms with Crippen LogP contribution in [0.2, 0.25) is 0 Å². The molecule has 0 spiro atoms. The van der Waals surface area contributed by atoms with Crippen LogP contribution in [0.1, 0.15) is 22.3 Å². The summed E-state index contributed by atoms with van der Waals surface area (Å²) in [5.74, 6) is -0.502. The number of halogens is 1. The van der Waals surface area contributed by atoms with Gasteiger partial charge >= 0.3 is 0 Å². The maximum Gasteiger partial charge on any atom is 0.257 e. The normalized spacial score (nSPS) is 15.7. The largest absolute Gasteiger partial charge is 0.497 e. The summed E-state index contributed by atoms with van der Waals surface area (Å²) < 4.78 is 6.00. The van der Waals surface area contributed by atoms with Gasteiger partial charge < -0.3 is 9.64 Å². The Morgan fingerprint density at radius 1 is 1.12 bits per heavy atom. The van der Waals surface area contributed by atoms with Crippen molar-refractivity contribution in [3.05, 3.63) is 88.7 Å². The van der Waals surface area contributed by atoms with E-state index in [1.54, 1.807) is 74.1 Å². The second kappa shape index (κ2) is 9.32. The molecule has 1 saturated heterocycles. The number of pyridine rings is 1. The lowest BCUT2D eigenvalue weighted by atomic mass is 10.1. The standard InChI is InChI=1S/C24H20BrN3O4/c1-32-20-10-4-17(5-11-20)23(30)27(15-16-3-2-12-26-14-16)21-13-22(29)28(24(21)31)19-8-6-18(25)7-9-19/h2-12,14,21H,13,15H2,1H3. The van der Waals surface area contributed by atoms with Gasteiger partial charge in [0.15, 0.2) is 0 Å². The van der Waals surface area contributed by atoms with Crippen LogP contribution in [0, 0.1) is 0 Å². The van der Waals surface area contributed by atoms with E-state index in [-0.39, 0.29) is 24.8 Å². The van der Waals surface area contributed by atoms with E-state index in [2.05, 4.69) is 20.9 Å². The lowest BCUT2D eigenvalue weighted by Crippen LogP contribution is -2.45. The van der Waals surface area contributed by atoms with Gasteiger partial charge in [0.25, 0.3) is 11.8 Å². The first kappa shape index (κ1) is 21.7. The molecule has 32 heavy (non-hydrogen) atoms. The third kappa shape index (κ3) is 4.40. The molecule has 3 aromatic rings. The summed E-state index contributed by atoms with van der Waals surface area (Å²) in [5, 5.41) is 0. The highest BCUT2D eigenvalue weighted by Gasteiger charge is 2.44. The SMILES string of the molecule is COc1ccc(C(=O)N(Cc2cccnc2)C2CC(=O)N(c3ccc(Br)cc3)C2=O)cc1. The van der Waals surface area contributed by atoms with Crippen molar-refractivity contribution in [2.75, 3.05) is 12.0 Å². The summed E-state index contributed by atoms with van der Waals surface area (Å²) in [4.78, 5) is 46.3. The molecule has 8 heteroatoms. The number of hydrogen-bond acceptors (Lipinski definition) is 5. The average molecular weight is 494 g/mol. The maximum atomic E-state index is 13.5. The number of carbonyl (C=O) groups excluding carboxylic acids is 3. The zero-order valence-corrected chi connectivity index (χ0v) is 18.9. The third-order valence-electron chi connectivity index (χ3n) is 5.26. The van der Waals surface area contributed by atoms with Crippen LogP contribution in [0.25, 0.3) is 0 Å². The smallest absolute Gasteiger partial charge is 0.257 e. The summed E-state index contributed by atoms with van der Waals surface area (Å²) in [5.41, 5.74) is 1.64. The maximum absolute atomic E-state index is 13.5. The predicted molar refractivity (Wildman–Crippen MR) is 122 cm³/mol. The molecule has 0 N–H and O–H groups in total. The van der Waals surface area contributed by atoms with Crippen molar-refractivity contribution in [1.82, 2.24) is 9.88 Å². The van der Waals surface area contributed by atoms with Crippen LogP contribution < -0.4 is 9.64 Å². The van der Waals surface area contributed by atoms with Gasteiger partial charge in [0.2, 0.25) is 5.91 Å². The average Bonchev–Trinajstić information content (AvgIpc) is 3.12. The van der Waals surface area contributed by atoms with Gasteiger partial charge in [0, 0.05) is 29.0 Å². The van der Waals surface area contributed by atoms with Gasteiger partial charge in [-0.3, -0.25) is 19.4 Å². The van der Waals surface area contributed by atoms with Gasteiger partial charge in [0.05, 0.1) is 19.2 Å². The lowest BCUT2D eigenvalue weighted by Gasteiger charge is -2.28. The van der Waals surface area contributed by atoms with Crippen molar-refractivity contribution in [3.8, 4) is 5.75 Å². The first-order valence-corrected chi connectivity index (χ1v) is 10.7. The van der Waals surface area contributed by atoms with Gasteiger partial charge in [-0.15, -0.1) is 0 Å². The number of hydrogen-bond donors (Lipinski definition) is 0. The highest BCUT2D eigenvalue weighted by atomic mass is 79.9. The zero-order valence-electron chi connectivity index (χ0n) is 17.3. The third-order valence-corrected chi connectivity index (χ3v) is 5.79. The minimum absolute atomic E-state index is 0.0863. The fraction of sp³-hybridized carbons (Fsp3) is 0.167. The Bertz CT molecular complexity index is 1130. The molecule has 4 rings (SSSR count). The van der Waals surface area contributed by atoms with Crippen LogP contribution in [0.4, 0.5) is 5.69 Å². The number of benzene rings is 2. The van der Waals surface area contributed by atoms with E-state index in [0.29, 0.717) is 17.0 Å². The molecule has 0 radical (unpaired) electrons. The van der Waals surface area contributed by atoms with Crippen molar-refractivity contribution in [2.45, 2.75) is 19.0 Å². The first-order chi connectivity index (χ1) is 15.5. The molecule has 1 aliphatic heterocycles. The number of nitrogens with zero attached hydrogens (tertiary/aromatic N) is 3. The van der Waals surface area contributed by atoms with E-state index >= 15 is 0 Å². The van der Waals surface area contributed by atoms with Gasteiger partial charge in [-0.25, -0.2) is 4.90 Å². The van der Waals surface area contributed by atoms with Gasteiger partial charge in [-0.1, -0.05) is 22.0 Å². The number of amides is 3. The van der Waals surface area contributed by atoms with Crippen LogP contribution in [0.5, 0.6) is 5.75 Å². The summed E-state index contributed by atoms with van der Waals surface area (Å²) in [6, 6.07) is 16.3. The monoisotopic (exact) mass is 493 g/mol. The minimum atomic E-state index is -0.916. The van der Waals surface area contributed by atoms with Crippen LogP contribution in [-0.2, 0) is 16.1 Å². The Morgan fingerprint density at radius 3 is 2.47 bits per heavy atom. The molecule has 0 saturated carbocycles. The van der Waals surface area contributed by atoms with E-state index in [9.17, 15) is 14.4 Å². The quantitative estimate of drug-likeness (QED) is 0.487. The number of anilines is 1. The lowest BCUT2D eigenvalue weighted by molar-refractivity contribution is -0.122. The van der Waals surface area contributed by atoms with Crippen molar-refractivity contribution in [3.63, 3.8) is 0 Å². The fourth-order valence-corrected chi connectivity index (χ4v) is 3.90. The molecular weight excluding hydrogens is 474 g/mol. The summed E-state index contributed by atoms with van der Waals surface area (Å²) in [6.45, 7) is 0.149. The molecule has 2 heterocycles. The molecule has 1 atom stereocenters. The van der Waals surface area contributed by atoms with E-state index in [0.717, 1.165) is 14.9 Å². The Morgan fingerprint density at radius 2 is 1.84 bits per heavy atom. The van der Waals surface area contributed by atoms with Gasteiger partial charge in [0.1, 0.15) is 11.8 Å². The van der Waals surface area contributed by atoms with E-state index in [1.165, 1.54) is 4.90 Å². The number of rotatable bonds is 6. The van der Waals surface area contributed by atoms with Crippen LogP contribution in [0.3, 0.4) is 0 Å². The fourth-order valence-electron chi connectivity index (χ4n) is 3.63. The van der Waals surface area contributed by atoms with Crippen molar-refractivity contribution in [2.24, 2.45) is 0 Å². The van der Waals surface area contributed by atoms with Crippen molar-refractivity contribution in [1.29, 1.82) is 0 Å². The molecule has 0 aliphatic carbocycles. The Kier molecular flexibility index (Phi) is 6.32. The molecule has 1 aromatic heterocycles. The molecule has 1 unspecified atom stereocenters. The summed E-state index contributed by atoms with van der Waals surface area (Å²) in [6.07, 6.45) is 3.19. The van der Waals surface area contributed by atoms with Crippen LogP contribution in [0.15, 0.2) is 77.5 Å². The number of methoxy groups -OCH3 is 1. The predicted octanol–water partition coefficient (Wildman–Crippen LogP) is 3.83. The summed E-state index contributed by atoms with van der Waals surface area (Å²) >= 11 is 3.36. The van der Waals surface area contributed by atoms with Gasteiger partial charge in [-0.2, -0.15) is 0 Å². The highest BCUT2D eigenvalue weighted by Crippen LogP contribution is 2.29. The molecule has 7 nitrogen and oxygen atoms in total. The molecule has 0 bridgehead atoms. The zero-order chi connectivity index (χ0) is 22.7. The first-order valence-electron chi connectivity index (χ1n) is 9.94. The second-order valence-electron chi connectivity index (χ2n) is 7.29. The molecule has 1 fully saturated rings. The molecular formula is C24H20BrN3O4. The number of aromatic nitrogens is 1. The number of carbonyl (C=O) groups is 3. The Hall–Kier alpha value is -3.52. The Balaban J connectivity index is 1.67. The number of imide groups is 1. The molecule has 2 aromatic carbocycles. The topological polar surface area (TPSA) is 79.8 Å². The van der Waals surface area contributed by atoms with E-state index in [1.807, 2.05) is 6.07 Å². The number of ether oxygens (including phenoxy) is 1. The van der Waals surface area contributed by atoms with Crippen LogP contribution >= 0.6 is 15.9 Å². The van der Waals surface area contributed by atoms with E-state index < -0.39 is 11.9 Å². The van der Waals surface area contributed by atoms with Gasteiger partial charge in [-0.05, 0) is 60.2 Å². The Labute approximate surface area is 193 Å².